The Morgan fingerprint density at radius 2 is 2.00 bits per heavy atom. The van der Waals surface area contributed by atoms with Crippen molar-refractivity contribution in [2.45, 2.75) is 32.0 Å². The number of likely N-dealkylation sites (tertiary alicyclic amines) is 1. The molecule has 1 saturated heterocycles. The third kappa shape index (κ3) is 4.83. The van der Waals surface area contributed by atoms with E-state index >= 15 is 0 Å². The van der Waals surface area contributed by atoms with Gasteiger partial charge in [0.05, 0.1) is 13.7 Å². The van der Waals surface area contributed by atoms with E-state index in [-0.39, 0.29) is 0 Å². The van der Waals surface area contributed by atoms with E-state index in [1.54, 1.807) is 13.3 Å². The van der Waals surface area contributed by atoms with Gasteiger partial charge in [0.2, 0.25) is 0 Å². The van der Waals surface area contributed by atoms with Crippen LogP contribution in [-0.2, 0) is 13.1 Å². The molecule has 2 aromatic carbocycles. The van der Waals surface area contributed by atoms with Gasteiger partial charge in [-0.3, -0.25) is 9.58 Å². The maximum absolute atomic E-state index is 5.73. The zero-order valence-electron chi connectivity index (χ0n) is 18.5. The fraction of sp³-hybridized carbons (Fsp3) is 0.400. The Hall–Kier alpha value is -3.19. The van der Waals surface area contributed by atoms with Gasteiger partial charge >= 0.3 is 0 Å². The van der Waals surface area contributed by atoms with Gasteiger partial charge in [0.25, 0.3) is 0 Å². The van der Waals surface area contributed by atoms with Crippen LogP contribution < -0.4 is 19.5 Å². The summed E-state index contributed by atoms with van der Waals surface area (Å²) in [5, 5.41) is 8.03. The zero-order valence-corrected chi connectivity index (χ0v) is 18.5. The van der Waals surface area contributed by atoms with Gasteiger partial charge in [-0.25, -0.2) is 0 Å². The number of methoxy groups -OCH3 is 1. The Bertz CT molecular complexity index is 1040. The molecule has 1 N–H and O–H groups in total. The highest BCUT2D eigenvalue weighted by molar-refractivity contribution is 5.55. The minimum Gasteiger partial charge on any atom is -0.496 e. The Morgan fingerprint density at radius 3 is 2.84 bits per heavy atom. The Labute approximate surface area is 188 Å². The molecule has 1 fully saturated rings. The molecule has 0 saturated carbocycles. The van der Waals surface area contributed by atoms with Crippen molar-refractivity contribution in [1.82, 2.24) is 14.7 Å². The number of benzene rings is 2. The maximum atomic E-state index is 5.73. The molecule has 32 heavy (non-hydrogen) atoms. The first-order chi connectivity index (χ1) is 15.8. The topological polar surface area (TPSA) is 60.8 Å². The van der Waals surface area contributed by atoms with Gasteiger partial charge in [0.15, 0.2) is 11.5 Å². The molecule has 0 spiro atoms. The van der Waals surface area contributed by atoms with Crippen LogP contribution in [-0.4, -0.2) is 54.1 Å². The minimum atomic E-state index is 0.410. The van der Waals surface area contributed by atoms with Crippen molar-refractivity contribution < 1.29 is 14.2 Å². The van der Waals surface area contributed by atoms with Crippen molar-refractivity contribution in [3.63, 3.8) is 0 Å². The molecule has 0 amide bonds. The highest BCUT2D eigenvalue weighted by Gasteiger charge is 2.21. The number of rotatable bonds is 7. The minimum absolute atomic E-state index is 0.410. The Balaban J connectivity index is 1.23. The van der Waals surface area contributed by atoms with E-state index in [0.717, 1.165) is 54.6 Å². The average Bonchev–Trinajstić information content (AvgIpc) is 3.33. The van der Waals surface area contributed by atoms with Crippen LogP contribution >= 0.6 is 0 Å². The van der Waals surface area contributed by atoms with Crippen molar-refractivity contribution in [3.05, 3.63) is 66.0 Å². The van der Waals surface area contributed by atoms with Crippen LogP contribution in [0.3, 0.4) is 0 Å². The lowest BCUT2D eigenvalue weighted by atomic mass is 10.0. The summed E-state index contributed by atoms with van der Waals surface area (Å²) in [6.07, 6.45) is 6.13. The first kappa shape index (κ1) is 20.7. The lowest BCUT2D eigenvalue weighted by Crippen LogP contribution is -2.41. The molecule has 0 unspecified atom stereocenters. The van der Waals surface area contributed by atoms with Crippen LogP contribution in [0.15, 0.2) is 54.9 Å². The lowest BCUT2D eigenvalue weighted by Gasteiger charge is -2.34. The molecular formula is C25H30N4O3. The summed E-state index contributed by atoms with van der Waals surface area (Å²) in [6.45, 7) is 4.98. The molecule has 0 aliphatic carbocycles. The number of nitrogens with zero attached hydrogens (tertiary/aromatic N) is 3. The lowest BCUT2D eigenvalue weighted by molar-refractivity contribution is 0.171. The van der Waals surface area contributed by atoms with Gasteiger partial charge in [0.1, 0.15) is 19.0 Å². The number of nitrogens with one attached hydrogen (secondary N) is 1. The number of anilines is 1. The van der Waals surface area contributed by atoms with Crippen LogP contribution in [0.2, 0.25) is 0 Å². The number of ether oxygens (including phenoxy) is 3. The fourth-order valence-corrected chi connectivity index (χ4v) is 4.57. The van der Waals surface area contributed by atoms with Crippen molar-refractivity contribution in [2.75, 3.05) is 38.7 Å². The maximum Gasteiger partial charge on any atom is 0.163 e. The quantitative estimate of drug-likeness (QED) is 0.611. The first-order valence-corrected chi connectivity index (χ1v) is 11.3. The van der Waals surface area contributed by atoms with E-state index in [2.05, 4.69) is 45.6 Å². The van der Waals surface area contributed by atoms with Gasteiger partial charge in [-0.05, 0) is 55.3 Å². The predicted molar refractivity (Wildman–Crippen MR) is 124 cm³/mol. The van der Waals surface area contributed by atoms with E-state index in [9.17, 15) is 0 Å². The van der Waals surface area contributed by atoms with E-state index in [1.807, 2.05) is 23.0 Å². The predicted octanol–water partition coefficient (Wildman–Crippen LogP) is 3.79. The summed E-state index contributed by atoms with van der Waals surface area (Å²) in [5.41, 5.74) is 3.54. The fourth-order valence-electron chi connectivity index (χ4n) is 4.57. The van der Waals surface area contributed by atoms with Gasteiger partial charge in [-0.2, -0.15) is 5.10 Å². The van der Waals surface area contributed by atoms with E-state index in [4.69, 9.17) is 14.2 Å². The molecule has 3 aromatic rings. The van der Waals surface area contributed by atoms with E-state index in [1.165, 1.54) is 12.0 Å². The Kier molecular flexibility index (Phi) is 6.16. The van der Waals surface area contributed by atoms with Crippen molar-refractivity contribution >= 4 is 5.69 Å². The van der Waals surface area contributed by atoms with Gasteiger partial charge in [-0.15, -0.1) is 0 Å². The normalized spacial score (nSPS) is 18.3. The molecule has 0 bridgehead atoms. The largest absolute Gasteiger partial charge is 0.496 e. The standard InChI is InChI=1S/C25H30N4O3/c1-30-23-7-5-19(14-20(23)17-29-11-3-9-26-29)16-28-10-2-4-22(18-28)27-21-6-8-24-25(15-21)32-13-12-31-24/h3,5-9,11,14-15,22,27H,2,4,10,12-13,16-18H2,1H3/t22-/m0/s1. The second-order valence-electron chi connectivity index (χ2n) is 8.43. The molecule has 2 aliphatic heterocycles. The molecule has 2 aliphatic rings. The SMILES string of the molecule is COc1ccc(CN2CCC[C@H](Nc3ccc4c(c3)OCCO4)C2)cc1Cn1cccn1. The number of piperidine rings is 1. The van der Waals surface area contributed by atoms with E-state index < -0.39 is 0 Å². The molecule has 1 atom stereocenters. The molecule has 0 radical (unpaired) electrons. The average molecular weight is 435 g/mol. The highest BCUT2D eigenvalue weighted by Crippen LogP contribution is 2.33. The van der Waals surface area contributed by atoms with Crippen LogP contribution in [0, 0.1) is 0 Å². The molecule has 7 heteroatoms. The van der Waals surface area contributed by atoms with Crippen LogP contribution in [0.1, 0.15) is 24.0 Å². The summed E-state index contributed by atoms with van der Waals surface area (Å²) in [7, 11) is 1.72. The van der Waals surface area contributed by atoms with Gasteiger partial charge in [0, 0.05) is 48.8 Å². The number of fused-ring (bicyclic) bond motifs is 1. The van der Waals surface area contributed by atoms with Gasteiger partial charge in [-0.1, -0.05) is 6.07 Å². The van der Waals surface area contributed by atoms with Crippen LogP contribution in [0.4, 0.5) is 5.69 Å². The van der Waals surface area contributed by atoms with Crippen molar-refractivity contribution in [1.29, 1.82) is 0 Å². The molecule has 1 aromatic heterocycles. The zero-order chi connectivity index (χ0) is 21.8. The molecular weight excluding hydrogens is 404 g/mol. The van der Waals surface area contributed by atoms with Crippen molar-refractivity contribution in [3.8, 4) is 17.2 Å². The van der Waals surface area contributed by atoms with Crippen LogP contribution in [0.5, 0.6) is 17.2 Å². The first-order valence-electron chi connectivity index (χ1n) is 11.3. The monoisotopic (exact) mass is 434 g/mol. The summed E-state index contributed by atoms with van der Waals surface area (Å²) in [4.78, 5) is 2.53. The molecule has 7 nitrogen and oxygen atoms in total. The Morgan fingerprint density at radius 1 is 1.09 bits per heavy atom. The smallest absolute Gasteiger partial charge is 0.163 e. The summed E-state index contributed by atoms with van der Waals surface area (Å²) < 4.78 is 18.9. The third-order valence-electron chi connectivity index (χ3n) is 6.06. The number of hydrogen-bond acceptors (Lipinski definition) is 6. The van der Waals surface area contributed by atoms with Crippen molar-refractivity contribution in [2.24, 2.45) is 0 Å². The third-order valence-corrected chi connectivity index (χ3v) is 6.06. The second-order valence-corrected chi connectivity index (χ2v) is 8.43. The molecule has 5 rings (SSSR count). The summed E-state index contributed by atoms with van der Waals surface area (Å²) >= 11 is 0. The molecule has 3 heterocycles. The summed E-state index contributed by atoms with van der Waals surface area (Å²) in [5.74, 6) is 2.57. The van der Waals surface area contributed by atoms with E-state index in [0.29, 0.717) is 25.8 Å². The highest BCUT2D eigenvalue weighted by atomic mass is 16.6. The van der Waals surface area contributed by atoms with Crippen LogP contribution in [0.25, 0.3) is 0 Å². The number of hydrogen-bond donors (Lipinski definition) is 1. The summed E-state index contributed by atoms with van der Waals surface area (Å²) in [6, 6.07) is 15.0. The van der Waals surface area contributed by atoms with Gasteiger partial charge < -0.3 is 19.5 Å². The second kappa shape index (κ2) is 9.53. The number of aromatic nitrogens is 2. The molecule has 168 valence electrons.